The van der Waals surface area contributed by atoms with E-state index in [2.05, 4.69) is 12.2 Å². The number of nitrogens with zero attached hydrogens (tertiary/aromatic N) is 2. The van der Waals surface area contributed by atoms with Gasteiger partial charge >= 0.3 is 0 Å². The first-order chi connectivity index (χ1) is 14.7. The fourth-order valence-electron chi connectivity index (χ4n) is 4.43. The number of quaternary nitrogens is 1. The predicted molar refractivity (Wildman–Crippen MR) is 120 cm³/mol. The number of thiophene rings is 1. The summed E-state index contributed by atoms with van der Waals surface area (Å²) in [5.74, 6) is 3.46. The second kappa shape index (κ2) is 8.49. The molecule has 7 heteroatoms. The number of nitrogens with one attached hydrogen (secondary N) is 2. The highest BCUT2D eigenvalue weighted by atomic mass is 32.1. The van der Waals surface area contributed by atoms with Crippen LogP contribution in [0.15, 0.2) is 24.3 Å². The Hall–Kier alpha value is -2.22. The van der Waals surface area contributed by atoms with Crippen LogP contribution in [0.1, 0.15) is 29.6 Å². The van der Waals surface area contributed by atoms with Gasteiger partial charge in [0.1, 0.15) is 36.0 Å². The molecule has 1 aromatic carbocycles. The number of methoxy groups -OCH3 is 1. The standard InChI is InChI=1S/C23H28N4O2S/c1-15-3-8-18-19(13-15)30-23-21(18)22(24-16-4-6-17(28-2)7-5-16)25-20(26-23)14-27-9-11-29-12-10-27/h4-7,15H,3,8-14H2,1-2H3,(H,24,25,26)/p+1/t15-/m1/s1. The normalized spacial score (nSPS) is 19.6. The third kappa shape index (κ3) is 4.02. The monoisotopic (exact) mass is 425 g/mol. The Morgan fingerprint density at radius 3 is 2.77 bits per heavy atom. The first-order valence-electron chi connectivity index (χ1n) is 10.8. The van der Waals surface area contributed by atoms with Crippen molar-refractivity contribution in [3.05, 3.63) is 40.5 Å². The van der Waals surface area contributed by atoms with Gasteiger partial charge in [0.2, 0.25) is 0 Å². The molecule has 2 aromatic heterocycles. The Bertz CT molecular complexity index is 1030. The number of aryl methyl sites for hydroxylation is 1. The Morgan fingerprint density at radius 2 is 2.00 bits per heavy atom. The predicted octanol–water partition coefficient (Wildman–Crippen LogP) is 2.98. The molecule has 5 rings (SSSR count). The molecule has 0 bridgehead atoms. The number of morpholine rings is 1. The molecule has 30 heavy (non-hydrogen) atoms. The molecule has 0 radical (unpaired) electrons. The lowest BCUT2D eigenvalue weighted by Gasteiger charge is -2.23. The number of hydrogen-bond donors (Lipinski definition) is 2. The molecule has 1 aliphatic carbocycles. The quantitative estimate of drug-likeness (QED) is 0.658. The highest BCUT2D eigenvalue weighted by Gasteiger charge is 2.25. The van der Waals surface area contributed by atoms with E-state index in [0.717, 1.165) is 79.5 Å². The number of rotatable bonds is 5. The number of fused-ring (bicyclic) bond motifs is 3. The lowest BCUT2D eigenvalue weighted by molar-refractivity contribution is -0.922. The number of ether oxygens (including phenoxy) is 2. The number of benzene rings is 1. The molecule has 1 saturated heterocycles. The van der Waals surface area contributed by atoms with Gasteiger partial charge in [0.15, 0.2) is 5.82 Å². The number of anilines is 2. The van der Waals surface area contributed by atoms with E-state index in [9.17, 15) is 0 Å². The highest BCUT2D eigenvalue weighted by Crippen LogP contribution is 2.40. The topological polar surface area (TPSA) is 60.7 Å². The molecule has 6 nitrogen and oxygen atoms in total. The first-order valence-corrected chi connectivity index (χ1v) is 11.6. The summed E-state index contributed by atoms with van der Waals surface area (Å²) in [6.45, 7) is 6.86. The molecule has 0 unspecified atom stereocenters. The van der Waals surface area contributed by atoms with Crippen molar-refractivity contribution in [2.45, 2.75) is 32.7 Å². The van der Waals surface area contributed by atoms with Crippen molar-refractivity contribution in [1.29, 1.82) is 0 Å². The van der Waals surface area contributed by atoms with Gasteiger partial charge in [-0.3, -0.25) is 0 Å². The van der Waals surface area contributed by atoms with E-state index in [-0.39, 0.29) is 0 Å². The summed E-state index contributed by atoms with van der Waals surface area (Å²) < 4.78 is 10.8. The van der Waals surface area contributed by atoms with Crippen molar-refractivity contribution in [3.8, 4) is 5.75 Å². The summed E-state index contributed by atoms with van der Waals surface area (Å²) in [6.07, 6.45) is 3.51. The lowest BCUT2D eigenvalue weighted by Crippen LogP contribution is -3.12. The summed E-state index contributed by atoms with van der Waals surface area (Å²) in [6, 6.07) is 8.04. The summed E-state index contributed by atoms with van der Waals surface area (Å²) in [7, 11) is 1.69. The molecule has 2 aliphatic rings. The molecule has 2 N–H and O–H groups in total. The van der Waals surface area contributed by atoms with Crippen LogP contribution in [0.2, 0.25) is 0 Å². The van der Waals surface area contributed by atoms with E-state index >= 15 is 0 Å². The molecule has 1 atom stereocenters. The van der Waals surface area contributed by atoms with E-state index in [1.807, 2.05) is 35.6 Å². The van der Waals surface area contributed by atoms with Crippen LogP contribution in [0.3, 0.4) is 0 Å². The fourth-order valence-corrected chi connectivity index (χ4v) is 5.83. The molecule has 158 valence electrons. The average molecular weight is 426 g/mol. The zero-order valence-corrected chi connectivity index (χ0v) is 18.5. The second-order valence-electron chi connectivity index (χ2n) is 8.41. The number of hydrogen-bond acceptors (Lipinski definition) is 6. The smallest absolute Gasteiger partial charge is 0.187 e. The summed E-state index contributed by atoms with van der Waals surface area (Å²) >= 11 is 1.87. The Labute approximate surface area is 181 Å². The van der Waals surface area contributed by atoms with E-state index in [0.29, 0.717) is 0 Å². The molecular weight excluding hydrogens is 396 g/mol. The van der Waals surface area contributed by atoms with Gasteiger partial charge in [0.25, 0.3) is 0 Å². The molecular formula is C23H29N4O2S+. The van der Waals surface area contributed by atoms with Gasteiger partial charge < -0.3 is 19.7 Å². The van der Waals surface area contributed by atoms with E-state index in [1.165, 1.54) is 27.1 Å². The van der Waals surface area contributed by atoms with Crippen LogP contribution in [0.25, 0.3) is 10.2 Å². The van der Waals surface area contributed by atoms with Crippen LogP contribution in [0, 0.1) is 5.92 Å². The Balaban J connectivity index is 1.53. The molecule has 3 heterocycles. The van der Waals surface area contributed by atoms with Crippen molar-refractivity contribution in [2.75, 3.05) is 38.7 Å². The zero-order chi connectivity index (χ0) is 20.5. The molecule has 1 aliphatic heterocycles. The molecule has 1 fully saturated rings. The van der Waals surface area contributed by atoms with Gasteiger partial charge in [0.05, 0.1) is 25.7 Å². The maximum atomic E-state index is 5.51. The lowest BCUT2D eigenvalue weighted by atomic mass is 9.89. The second-order valence-corrected chi connectivity index (χ2v) is 9.50. The molecule has 3 aromatic rings. The fraction of sp³-hybridized carbons (Fsp3) is 0.478. The van der Waals surface area contributed by atoms with Gasteiger partial charge in [-0.15, -0.1) is 11.3 Å². The van der Waals surface area contributed by atoms with Crippen LogP contribution in [0.5, 0.6) is 5.75 Å². The number of aromatic nitrogens is 2. The van der Waals surface area contributed by atoms with Gasteiger partial charge in [-0.1, -0.05) is 6.92 Å². The van der Waals surface area contributed by atoms with Crippen LogP contribution in [-0.2, 0) is 24.1 Å². The Kier molecular flexibility index (Phi) is 5.58. The highest BCUT2D eigenvalue weighted by molar-refractivity contribution is 7.19. The molecule has 0 amide bonds. The largest absolute Gasteiger partial charge is 0.497 e. The minimum absolute atomic E-state index is 0.744. The summed E-state index contributed by atoms with van der Waals surface area (Å²) in [4.78, 5) is 14.2. The van der Waals surface area contributed by atoms with Crippen LogP contribution < -0.4 is 15.0 Å². The van der Waals surface area contributed by atoms with E-state index < -0.39 is 0 Å². The first kappa shape index (κ1) is 19.7. The average Bonchev–Trinajstić information content (AvgIpc) is 3.12. The van der Waals surface area contributed by atoms with Crippen LogP contribution in [0.4, 0.5) is 11.5 Å². The van der Waals surface area contributed by atoms with Crippen molar-refractivity contribution < 1.29 is 14.4 Å². The van der Waals surface area contributed by atoms with Gasteiger partial charge in [-0.2, -0.15) is 0 Å². The molecule has 0 saturated carbocycles. The van der Waals surface area contributed by atoms with Crippen molar-refractivity contribution in [2.24, 2.45) is 5.92 Å². The van der Waals surface area contributed by atoms with Gasteiger partial charge in [-0.25, -0.2) is 9.97 Å². The third-order valence-corrected chi connectivity index (χ3v) is 7.31. The van der Waals surface area contributed by atoms with Gasteiger partial charge in [0, 0.05) is 10.6 Å². The Morgan fingerprint density at radius 1 is 1.20 bits per heavy atom. The zero-order valence-electron chi connectivity index (χ0n) is 17.7. The van der Waals surface area contributed by atoms with Crippen molar-refractivity contribution in [1.82, 2.24) is 9.97 Å². The van der Waals surface area contributed by atoms with Crippen molar-refractivity contribution >= 4 is 33.1 Å². The van der Waals surface area contributed by atoms with E-state index in [4.69, 9.17) is 19.4 Å². The van der Waals surface area contributed by atoms with Crippen LogP contribution in [-0.4, -0.2) is 43.4 Å². The van der Waals surface area contributed by atoms with Crippen LogP contribution >= 0.6 is 11.3 Å². The molecule has 0 spiro atoms. The summed E-state index contributed by atoms with van der Waals surface area (Å²) in [5, 5.41) is 4.81. The third-order valence-electron chi connectivity index (χ3n) is 6.16. The minimum Gasteiger partial charge on any atom is -0.497 e. The maximum absolute atomic E-state index is 5.51. The maximum Gasteiger partial charge on any atom is 0.187 e. The SMILES string of the molecule is COc1ccc(Nc2nc(C[NH+]3CCOCC3)nc3sc4c(c23)CC[C@@H](C)C4)cc1. The summed E-state index contributed by atoms with van der Waals surface area (Å²) in [5.41, 5.74) is 2.47. The van der Waals surface area contributed by atoms with E-state index in [1.54, 1.807) is 7.11 Å². The van der Waals surface area contributed by atoms with Gasteiger partial charge in [-0.05, 0) is 55.0 Å². The minimum atomic E-state index is 0.744. The van der Waals surface area contributed by atoms with Crippen molar-refractivity contribution in [3.63, 3.8) is 0 Å².